The van der Waals surface area contributed by atoms with Crippen LogP contribution in [0.5, 0.6) is 5.75 Å². The molecule has 2 nitrogen and oxygen atoms in total. The maximum Gasteiger partial charge on any atom is 0.122 e. The Hall–Kier alpha value is -1.80. The highest BCUT2D eigenvalue weighted by Crippen LogP contribution is 2.27. The SMILES string of the molecule is COc1ccc(C)cc1CC(N)c1cccc(C)c1C. The van der Waals surface area contributed by atoms with Gasteiger partial charge < -0.3 is 10.5 Å². The molecule has 2 aromatic carbocycles. The molecular formula is C18H23NO. The van der Waals surface area contributed by atoms with Crippen LogP contribution in [0.2, 0.25) is 0 Å². The molecule has 0 fully saturated rings. The second-order valence-corrected chi connectivity index (χ2v) is 5.42. The van der Waals surface area contributed by atoms with Crippen LogP contribution in [0.1, 0.15) is 33.9 Å². The minimum Gasteiger partial charge on any atom is -0.496 e. The van der Waals surface area contributed by atoms with Crippen molar-refractivity contribution in [3.8, 4) is 5.75 Å². The van der Waals surface area contributed by atoms with Crippen molar-refractivity contribution in [1.82, 2.24) is 0 Å². The standard InChI is InChI=1S/C18H23NO/c1-12-8-9-18(20-4)15(10-12)11-17(19)16-7-5-6-13(2)14(16)3/h5-10,17H,11,19H2,1-4H3. The van der Waals surface area contributed by atoms with E-state index in [-0.39, 0.29) is 6.04 Å². The third kappa shape index (κ3) is 3.02. The molecule has 0 heterocycles. The van der Waals surface area contributed by atoms with Crippen molar-refractivity contribution < 1.29 is 4.74 Å². The number of aryl methyl sites for hydroxylation is 2. The van der Waals surface area contributed by atoms with Crippen molar-refractivity contribution in [3.63, 3.8) is 0 Å². The average molecular weight is 269 g/mol. The van der Waals surface area contributed by atoms with E-state index in [9.17, 15) is 0 Å². The van der Waals surface area contributed by atoms with Crippen LogP contribution in [-0.2, 0) is 6.42 Å². The zero-order valence-corrected chi connectivity index (χ0v) is 12.7. The zero-order valence-electron chi connectivity index (χ0n) is 12.7. The molecule has 20 heavy (non-hydrogen) atoms. The van der Waals surface area contributed by atoms with Crippen molar-refractivity contribution in [3.05, 3.63) is 64.2 Å². The van der Waals surface area contributed by atoms with Gasteiger partial charge in [-0.05, 0) is 55.5 Å². The lowest BCUT2D eigenvalue weighted by Crippen LogP contribution is -2.15. The van der Waals surface area contributed by atoms with E-state index in [1.165, 1.54) is 27.8 Å². The third-order valence-corrected chi connectivity index (χ3v) is 3.92. The van der Waals surface area contributed by atoms with Gasteiger partial charge in [-0.25, -0.2) is 0 Å². The molecule has 0 saturated heterocycles. The second-order valence-electron chi connectivity index (χ2n) is 5.42. The first-order valence-corrected chi connectivity index (χ1v) is 6.98. The highest BCUT2D eigenvalue weighted by Gasteiger charge is 2.13. The fraction of sp³-hybridized carbons (Fsp3) is 0.333. The van der Waals surface area contributed by atoms with Gasteiger partial charge in [-0.3, -0.25) is 0 Å². The highest BCUT2D eigenvalue weighted by molar-refractivity contribution is 5.40. The minimum atomic E-state index is -0.00870. The molecule has 0 bridgehead atoms. The van der Waals surface area contributed by atoms with E-state index in [1.54, 1.807) is 7.11 Å². The molecule has 1 unspecified atom stereocenters. The lowest BCUT2D eigenvalue weighted by Gasteiger charge is -2.18. The fourth-order valence-corrected chi connectivity index (χ4v) is 2.59. The van der Waals surface area contributed by atoms with Crippen LogP contribution in [0, 0.1) is 20.8 Å². The largest absolute Gasteiger partial charge is 0.496 e. The van der Waals surface area contributed by atoms with Gasteiger partial charge in [0.1, 0.15) is 5.75 Å². The summed E-state index contributed by atoms with van der Waals surface area (Å²) >= 11 is 0. The summed E-state index contributed by atoms with van der Waals surface area (Å²) in [5, 5.41) is 0. The normalized spacial score (nSPS) is 12.2. The number of benzene rings is 2. The van der Waals surface area contributed by atoms with E-state index < -0.39 is 0 Å². The molecule has 0 aliphatic carbocycles. The Morgan fingerprint density at radius 1 is 1.10 bits per heavy atom. The predicted molar refractivity (Wildman–Crippen MR) is 84.3 cm³/mol. The van der Waals surface area contributed by atoms with Gasteiger partial charge in [0.2, 0.25) is 0 Å². The average Bonchev–Trinajstić information content (AvgIpc) is 2.42. The molecule has 2 rings (SSSR count). The summed E-state index contributed by atoms with van der Waals surface area (Å²) in [6, 6.07) is 12.5. The van der Waals surface area contributed by atoms with Crippen LogP contribution in [0.3, 0.4) is 0 Å². The van der Waals surface area contributed by atoms with E-state index in [2.05, 4.69) is 51.1 Å². The van der Waals surface area contributed by atoms with E-state index in [0.29, 0.717) is 0 Å². The Kier molecular flexibility index (Phi) is 4.46. The molecule has 0 saturated carbocycles. The number of ether oxygens (including phenoxy) is 1. The van der Waals surface area contributed by atoms with Crippen LogP contribution < -0.4 is 10.5 Å². The first kappa shape index (κ1) is 14.6. The number of hydrogen-bond donors (Lipinski definition) is 1. The Balaban J connectivity index is 2.30. The maximum atomic E-state index is 6.41. The first-order chi connectivity index (χ1) is 9.52. The molecule has 0 aliphatic heterocycles. The lowest BCUT2D eigenvalue weighted by molar-refractivity contribution is 0.408. The van der Waals surface area contributed by atoms with E-state index >= 15 is 0 Å². The monoisotopic (exact) mass is 269 g/mol. The summed E-state index contributed by atoms with van der Waals surface area (Å²) in [4.78, 5) is 0. The summed E-state index contributed by atoms with van der Waals surface area (Å²) in [5.41, 5.74) is 12.6. The van der Waals surface area contributed by atoms with Gasteiger partial charge in [0.05, 0.1) is 7.11 Å². The minimum absolute atomic E-state index is 0.00870. The lowest BCUT2D eigenvalue weighted by atomic mass is 9.93. The smallest absolute Gasteiger partial charge is 0.122 e. The Morgan fingerprint density at radius 3 is 2.55 bits per heavy atom. The Bertz CT molecular complexity index is 604. The fourth-order valence-electron chi connectivity index (χ4n) is 2.59. The summed E-state index contributed by atoms with van der Waals surface area (Å²) < 4.78 is 5.44. The first-order valence-electron chi connectivity index (χ1n) is 6.98. The zero-order chi connectivity index (χ0) is 14.7. The molecular weight excluding hydrogens is 246 g/mol. The van der Waals surface area contributed by atoms with E-state index in [0.717, 1.165) is 12.2 Å². The summed E-state index contributed by atoms with van der Waals surface area (Å²) in [6.07, 6.45) is 0.787. The van der Waals surface area contributed by atoms with Crippen molar-refractivity contribution in [2.75, 3.05) is 7.11 Å². The van der Waals surface area contributed by atoms with Gasteiger partial charge in [0, 0.05) is 6.04 Å². The summed E-state index contributed by atoms with van der Waals surface area (Å²) in [5.74, 6) is 0.913. The molecule has 2 N–H and O–H groups in total. The highest BCUT2D eigenvalue weighted by atomic mass is 16.5. The summed E-state index contributed by atoms with van der Waals surface area (Å²) in [7, 11) is 1.71. The molecule has 0 aromatic heterocycles. The van der Waals surface area contributed by atoms with Gasteiger partial charge in [-0.15, -0.1) is 0 Å². The van der Waals surface area contributed by atoms with Crippen molar-refractivity contribution in [2.45, 2.75) is 33.2 Å². The van der Waals surface area contributed by atoms with Gasteiger partial charge in [-0.1, -0.05) is 35.9 Å². The van der Waals surface area contributed by atoms with E-state index in [4.69, 9.17) is 10.5 Å². The Labute approximate surface area is 121 Å². The third-order valence-electron chi connectivity index (χ3n) is 3.92. The van der Waals surface area contributed by atoms with Crippen molar-refractivity contribution in [2.24, 2.45) is 5.73 Å². The van der Waals surface area contributed by atoms with Gasteiger partial charge in [0.25, 0.3) is 0 Å². The van der Waals surface area contributed by atoms with E-state index in [1.807, 2.05) is 6.07 Å². The second kappa shape index (κ2) is 6.10. The Morgan fingerprint density at radius 2 is 1.85 bits per heavy atom. The molecule has 0 aliphatic rings. The summed E-state index contributed by atoms with van der Waals surface area (Å²) in [6.45, 7) is 6.35. The van der Waals surface area contributed by atoms with Crippen LogP contribution in [-0.4, -0.2) is 7.11 Å². The van der Waals surface area contributed by atoms with Crippen LogP contribution >= 0.6 is 0 Å². The van der Waals surface area contributed by atoms with Crippen LogP contribution in [0.25, 0.3) is 0 Å². The van der Waals surface area contributed by atoms with Gasteiger partial charge in [0.15, 0.2) is 0 Å². The topological polar surface area (TPSA) is 35.2 Å². The number of methoxy groups -OCH3 is 1. The molecule has 106 valence electrons. The molecule has 2 aromatic rings. The number of nitrogens with two attached hydrogens (primary N) is 1. The molecule has 2 heteroatoms. The maximum absolute atomic E-state index is 6.41. The van der Waals surface area contributed by atoms with Gasteiger partial charge in [-0.2, -0.15) is 0 Å². The molecule has 0 radical (unpaired) electrons. The molecule has 0 spiro atoms. The van der Waals surface area contributed by atoms with Gasteiger partial charge >= 0.3 is 0 Å². The van der Waals surface area contributed by atoms with Crippen molar-refractivity contribution >= 4 is 0 Å². The number of hydrogen-bond acceptors (Lipinski definition) is 2. The predicted octanol–water partition coefficient (Wildman–Crippen LogP) is 3.86. The number of rotatable bonds is 4. The molecule has 0 amide bonds. The van der Waals surface area contributed by atoms with Crippen molar-refractivity contribution in [1.29, 1.82) is 0 Å². The molecule has 1 atom stereocenters. The quantitative estimate of drug-likeness (QED) is 0.914. The van der Waals surface area contributed by atoms with Crippen LogP contribution in [0.4, 0.5) is 0 Å². The van der Waals surface area contributed by atoms with Crippen LogP contribution in [0.15, 0.2) is 36.4 Å².